The normalized spacial score (nSPS) is 10.0. The fourth-order valence-corrected chi connectivity index (χ4v) is 0.216. The molecule has 0 aliphatic carbocycles. The third-order valence-electron chi connectivity index (χ3n) is 0.476. The molecule has 8 heavy (non-hydrogen) atoms. The highest BCUT2D eigenvalue weighted by Gasteiger charge is 1.76. The lowest BCUT2D eigenvalue weighted by molar-refractivity contribution is 0.975. The molecule has 0 spiro atoms. The van der Waals surface area contributed by atoms with Gasteiger partial charge in [-0.05, 0) is 6.92 Å². The van der Waals surface area contributed by atoms with Crippen LogP contribution in [0.2, 0.25) is 0 Å². The first-order valence-corrected chi connectivity index (χ1v) is 2.07. The largest absolute Gasteiger partial charge is 0.369 e. The van der Waals surface area contributed by atoms with Crippen molar-refractivity contribution in [3.05, 3.63) is 0 Å². The van der Waals surface area contributed by atoms with E-state index < -0.39 is 0 Å². The van der Waals surface area contributed by atoms with E-state index in [1.807, 2.05) is 6.92 Å². The first-order valence-electron chi connectivity index (χ1n) is 2.07. The summed E-state index contributed by atoms with van der Waals surface area (Å²) >= 11 is 0. The first kappa shape index (κ1) is 10.5. The average molecular weight is 139 g/mol. The van der Waals surface area contributed by atoms with Crippen molar-refractivity contribution in [3.63, 3.8) is 0 Å². The summed E-state index contributed by atoms with van der Waals surface area (Å²) in [6, 6.07) is 0. The van der Waals surface area contributed by atoms with Crippen molar-refractivity contribution in [2.75, 3.05) is 6.54 Å². The Morgan fingerprint density at radius 2 is 2.25 bits per heavy atom. The molecule has 5 heteroatoms. The summed E-state index contributed by atoms with van der Waals surface area (Å²) in [5.74, 6) is 5.13. The van der Waals surface area contributed by atoms with Crippen LogP contribution in [0, 0.1) is 0 Å². The van der Waals surface area contributed by atoms with Crippen molar-refractivity contribution in [2.45, 2.75) is 6.92 Å². The number of rotatable bonds is 1. The molecule has 0 aliphatic rings. The first-order chi connectivity index (χ1) is 3.31. The average Bonchev–Trinajstić information content (AvgIpc) is 1.68. The van der Waals surface area contributed by atoms with Gasteiger partial charge in [0.2, 0.25) is 5.96 Å². The highest BCUT2D eigenvalue weighted by atomic mass is 35.5. The van der Waals surface area contributed by atoms with E-state index in [9.17, 15) is 0 Å². The van der Waals surface area contributed by atoms with Gasteiger partial charge in [-0.1, -0.05) is 0 Å². The van der Waals surface area contributed by atoms with E-state index >= 15 is 0 Å². The molecule has 0 saturated heterocycles. The van der Waals surface area contributed by atoms with Gasteiger partial charge < -0.3 is 5.73 Å². The van der Waals surface area contributed by atoms with Crippen LogP contribution in [0.25, 0.3) is 0 Å². The number of nitrogens with one attached hydrogen (secondary N) is 1. The maximum absolute atomic E-state index is 5.10. The zero-order valence-electron chi connectivity index (χ0n) is 4.72. The minimum atomic E-state index is 0. The predicted octanol–water partition coefficient (Wildman–Crippen LogP) is -0.794. The summed E-state index contributed by atoms with van der Waals surface area (Å²) in [4.78, 5) is 3.70. The van der Waals surface area contributed by atoms with Crippen LogP contribution >= 0.6 is 12.4 Å². The van der Waals surface area contributed by atoms with Crippen molar-refractivity contribution in [1.82, 2.24) is 5.43 Å². The molecule has 0 fully saturated rings. The second-order valence-electron chi connectivity index (χ2n) is 1.00. The summed E-state index contributed by atoms with van der Waals surface area (Å²) in [5, 5.41) is 0. The summed E-state index contributed by atoms with van der Waals surface area (Å²) in [6.45, 7) is 2.54. The molecular weight excluding hydrogens is 128 g/mol. The number of hydrazine groups is 1. The Labute approximate surface area is 54.7 Å². The zero-order chi connectivity index (χ0) is 5.70. The Morgan fingerprint density at radius 3 is 2.38 bits per heavy atom. The number of guanidine groups is 1. The molecule has 0 bridgehead atoms. The Bertz CT molecular complexity index is 71.7. The van der Waals surface area contributed by atoms with Gasteiger partial charge in [-0.2, -0.15) is 0 Å². The third-order valence-corrected chi connectivity index (χ3v) is 0.476. The molecule has 0 aromatic carbocycles. The predicted molar refractivity (Wildman–Crippen MR) is 36.7 cm³/mol. The fraction of sp³-hybridized carbons (Fsp3) is 0.667. The topological polar surface area (TPSA) is 76.4 Å². The summed E-state index contributed by atoms with van der Waals surface area (Å²) in [7, 11) is 0. The van der Waals surface area contributed by atoms with Gasteiger partial charge in [-0.25, -0.2) is 5.84 Å². The molecule has 50 valence electrons. The van der Waals surface area contributed by atoms with Crippen LogP contribution in [0.4, 0.5) is 0 Å². The number of halogens is 1. The Kier molecular flexibility index (Phi) is 8.55. The monoisotopic (exact) mass is 138 g/mol. The van der Waals surface area contributed by atoms with Gasteiger partial charge in [-0.15, -0.1) is 12.4 Å². The highest BCUT2D eigenvalue weighted by molar-refractivity contribution is 5.85. The number of nitrogens with zero attached hydrogens (tertiary/aromatic N) is 1. The Hall–Kier alpha value is -0.480. The second-order valence-corrected chi connectivity index (χ2v) is 1.00. The lowest BCUT2D eigenvalue weighted by Crippen LogP contribution is -2.37. The highest BCUT2D eigenvalue weighted by Crippen LogP contribution is 1.60. The SMILES string of the molecule is CCN=C(N)NN.Cl. The minimum Gasteiger partial charge on any atom is -0.369 e. The lowest BCUT2D eigenvalue weighted by atomic mass is 10.8. The summed E-state index contributed by atoms with van der Waals surface area (Å²) in [6.07, 6.45) is 0. The molecule has 0 aromatic heterocycles. The third kappa shape index (κ3) is 5.52. The molecule has 0 aromatic rings. The van der Waals surface area contributed by atoms with Crippen LogP contribution in [0.3, 0.4) is 0 Å². The summed E-state index contributed by atoms with van der Waals surface area (Å²) < 4.78 is 0. The molecule has 0 rings (SSSR count). The minimum absolute atomic E-state index is 0. The van der Waals surface area contributed by atoms with E-state index in [4.69, 9.17) is 11.6 Å². The number of hydrogen-bond donors (Lipinski definition) is 3. The molecule has 0 saturated carbocycles. The zero-order valence-corrected chi connectivity index (χ0v) is 5.53. The van der Waals surface area contributed by atoms with Crippen LogP contribution < -0.4 is 17.0 Å². The van der Waals surface area contributed by atoms with Gasteiger partial charge in [0.1, 0.15) is 0 Å². The molecule has 0 heterocycles. The van der Waals surface area contributed by atoms with Crippen molar-refractivity contribution in [1.29, 1.82) is 0 Å². The Morgan fingerprint density at radius 1 is 1.75 bits per heavy atom. The van der Waals surface area contributed by atoms with E-state index in [-0.39, 0.29) is 18.4 Å². The summed E-state index contributed by atoms with van der Waals surface area (Å²) in [5.41, 5.74) is 7.29. The molecule has 0 radical (unpaired) electrons. The Balaban J connectivity index is 0. The molecular formula is C3H11ClN4. The molecule has 0 amide bonds. The van der Waals surface area contributed by atoms with Crippen LogP contribution in [-0.2, 0) is 0 Å². The lowest BCUT2D eigenvalue weighted by Gasteiger charge is -1.92. The van der Waals surface area contributed by atoms with Gasteiger partial charge >= 0.3 is 0 Å². The number of nitrogens with two attached hydrogens (primary N) is 2. The van der Waals surface area contributed by atoms with Crippen LogP contribution in [-0.4, -0.2) is 12.5 Å². The van der Waals surface area contributed by atoms with E-state index in [1.165, 1.54) is 0 Å². The number of aliphatic imine (C=N–C) groups is 1. The molecule has 0 atom stereocenters. The van der Waals surface area contributed by atoms with E-state index in [2.05, 4.69) is 10.4 Å². The van der Waals surface area contributed by atoms with Crippen molar-refractivity contribution < 1.29 is 0 Å². The van der Waals surface area contributed by atoms with Gasteiger partial charge in [0.15, 0.2) is 0 Å². The van der Waals surface area contributed by atoms with Crippen molar-refractivity contribution in [3.8, 4) is 0 Å². The van der Waals surface area contributed by atoms with Gasteiger partial charge in [0.25, 0.3) is 0 Å². The molecule has 0 unspecified atom stereocenters. The van der Waals surface area contributed by atoms with Gasteiger partial charge in [-0.3, -0.25) is 10.4 Å². The molecule has 4 nitrogen and oxygen atoms in total. The van der Waals surface area contributed by atoms with Crippen molar-refractivity contribution in [2.24, 2.45) is 16.6 Å². The van der Waals surface area contributed by atoms with Crippen LogP contribution in [0.15, 0.2) is 4.99 Å². The smallest absolute Gasteiger partial charge is 0.203 e. The van der Waals surface area contributed by atoms with E-state index in [0.29, 0.717) is 6.54 Å². The van der Waals surface area contributed by atoms with Crippen LogP contribution in [0.5, 0.6) is 0 Å². The molecule has 0 aliphatic heterocycles. The van der Waals surface area contributed by atoms with Crippen LogP contribution in [0.1, 0.15) is 6.92 Å². The van der Waals surface area contributed by atoms with Gasteiger partial charge in [0.05, 0.1) is 0 Å². The molecule has 5 N–H and O–H groups in total. The number of hydrogen-bond acceptors (Lipinski definition) is 2. The van der Waals surface area contributed by atoms with E-state index in [0.717, 1.165) is 0 Å². The quantitative estimate of drug-likeness (QED) is 0.192. The standard InChI is InChI=1S/C3H10N4.ClH/c1-2-6-3(4)7-5;/h2,5H2,1H3,(H3,4,6,7);1H. The second kappa shape index (κ2) is 6.52. The van der Waals surface area contributed by atoms with E-state index in [1.54, 1.807) is 0 Å². The maximum atomic E-state index is 5.10. The fourth-order valence-electron chi connectivity index (χ4n) is 0.216. The van der Waals surface area contributed by atoms with Crippen molar-refractivity contribution >= 4 is 18.4 Å². The van der Waals surface area contributed by atoms with Gasteiger partial charge in [0, 0.05) is 6.54 Å². The maximum Gasteiger partial charge on any atom is 0.203 e.